The SMILES string of the molecule is O[C@@H]1[C@@H]([C@@H](O)c2ccccc2)CSC[C@@H]1C1OCCO1. The lowest BCUT2D eigenvalue weighted by Crippen LogP contribution is -2.45. The van der Waals surface area contributed by atoms with Gasteiger partial charge in [-0.05, 0) is 5.56 Å². The molecule has 2 aliphatic rings. The van der Waals surface area contributed by atoms with Crippen LogP contribution in [0.25, 0.3) is 0 Å². The topological polar surface area (TPSA) is 58.9 Å². The quantitative estimate of drug-likeness (QED) is 0.884. The first-order valence-electron chi connectivity index (χ1n) is 6.99. The van der Waals surface area contributed by atoms with Crippen LogP contribution in [0.4, 0.5) is 0 Å². The highest BCUT2D eigenvalue weighted by molar-refractivity contribution is 7.99. The van der Waals surface area contributed by atoms with E-state index in [2.05, 4.69) is 0 Å². The molecule has 2 N–H and O–H groups in total. The average Bonchev–Trinajstić information content (AvgIpc) is 3.02. The maximum absolute atomic E-state index is 10.6. The van der Waals surface area contributed by atoms with Crippen molar-refractivity contribution in [2.24, 2.45) is 11.8 Å². The molecular weight excluding hydrogens is 276 g/mol. The molecule has 0 aliphatic carbocycles. The Morgan fingerprint density at radius 2 is 1.80 bits per heavy atom. The molecule has 0 radical (unpaired) electrons. The van der Waals surface area contributed by atoms with E-state index in [1.807, 2.05) is 30.3 Å². The summed E-state index contributed by atoms with van der Waals surface area (Å²) in [5, 5.41) is 21.1. The van der Waals surface area contributed by atoms with E-state index in [9.17, 15) is 10.2 Å². The fourth-order valence-electron chi connectivity index (χ4n) is 2.89. The van der Waals surface area contributed by atoms with Crippen molar-refractivity contribution < 1.29 is 19.7 Å². The summed E-state index contributed by atoms with van der Waals surface area (Å²) in [6, 6.07) is 9.52. The normalized spacial score (nSPS) is 33.2. The molecule has 0 aromatic heterocycles. The number of aliphatic hydroxyl groups is 2. The predicted octanol–water partition coefficient (Wildman–Crippen LogP) is 1.43. The van der Waals surface area contributed by atoms with E-state index in [0.29, 0.717) is 13.2 Å². The van der Waals surface area contributed by atoms with Gasteiger partial charge in [0.15, 0.2) is 6.29 Å². The summed E-state index contributed by atoms with van der Waals surface area (Å²) >= 11 is 1.74. The van der Waals surface area contributed by atoms with Crippen LogP contribution in [0.5, 0.6) is 0 Å². The van der Waals surface area contributed by atoms with Gasteiger partial charge < -0.3 is 19.7 Å². The summed E-state index contributed by atoms with van der Waals surface area (Å²) in [5.41, 5.74) is 0.853. The largest absolute Gasteiger partial charge is 0.392 e. The molecular formula is C15H20O4S. The fraction of sp³-hybridized carbons (Fsp3) is 0.600. The van der Waals surface area contributed by atoms with E-state index in [4.69, 9.17) is 9.47 Å². The number of ether oxygens (including phenoxy) is 2. The molecule has 0 saturated carbocycles. The minimum absolute atomic E-state index is 0.0698. The first-order valence-corrected chi connectivity index (χ1v) is 8.15. The van der Waals surface area contributed by atoms with Crippen LogP contribution in [-0.4, -0.2) is 47.3 Å². The van der Waals surface area contributed by atoms with Crippen molar-refractivity contribution in [3.8, 4) is 0 Å². The van der Waals surface area contributed by atoms with E-state index < -0.39 is 12.2 Å². The summed E-state index contributed by atoms with van der Waals surface area (Å²) in [7, 11) is 0. The Kier molecular flexibility index (Phi) is 4.63. The lowest BCUT2D eigenvalue weighted by Gasteiger charge is -2.38. The molecule has 2 heterocycles. The number of rotatable bonds is 3. The second-order valence-electron chi connectivity index (χ2n) is 5.32. The monoisotopic (exact) mass is 296 g/mol. The van der Waals surface area contributed by atoms with Crippen LogP contribution < -0.4 is 0 Å². The van der Waals surface area contributed by atoms with Crippen LogP contribution in [0.3, 0.4) is 0 Å². The van der Waals surface area contributed by atoms with Gasteiger partial charge >= 0.3 is 0 Å². The first kappa shape index (κ1) is 14.4. The zero-order valence-corrected chi connectivity index (χ0v) is 12.0. The van der Waals surface area contributed by atoms with Crippen molar-refractivity contribution in [3.63, 3.8) is 0 Å². The Balaban J connectivity index is 1.72. The third-order valence-corrected chi connectivity index (χ3v) is 5.28. The maximum Gasteiger partial charge on any atom is 0.163 e. The first-order chi connectivity index (χ1) is 9.77. The van der Waals surface area contributed by atoms with E-state index in [-0.39, 0.29) is 18.1 Å². The lowest BCUT2D eigenvalue weighted by molar-refractivity contribution is -0.129. The van der Waals surface area contributed by atoms with Gasteiger partial charge in [0.2, 0.25) is 0 Å². The molecule has 3 rings (SSSR count). The highest BCUT2D eigenvalue weighted by Crippen LogP contribution is 2.38. The molecule has 0 bridgehead atoms. The van der Waals surface area contributed by atoms with Crippen LogP contribution in [-0.2, 0) is 9.47 Å². The van der Waals surface area contributed by atoms with Gasteiger partial charge in [-0.25, -0.2) is 0 Å². The van der Waals surface area contributed by atoms with Crippen molar-refractivity contribution >= 4 is 11.8 Å². The second-order valence-corrected chi connectivity index (χ2v) is 6.40. The molecule has 110 valence electrons. The standard InChI is InChI=1S/C15H20O4S/c16-13(10-4-2-1-3-5-10)11-8-20-9-12(14(11)17)15-18-6-7-19-15/h1-5,11-17H,6-9H2/t11-,12+,13+,14-/m1/s1. The summed E-state index contributed by atoms with van der Waals surface area (Å²) < 4.78 is 11.0. The minimum Gasteiger partial charge on any atom is -0.392 e. The molecule has 4 atom stereocenters. The van der Waals surface area contributed by atoms with Crippen molar-refractivity contribution in [2.75, 3.05) is 24.7 Å². The fourth-order valence-corrected chi connectivity index (χ4v) is 4.31. The number of aliphatic hydroxyl groups excluding tert-OH is 2. The van der Waals surface area contributed by atoms with Gasteiger partial charge in [-0.15, -0.1) is 0 Å². The summed E-state index contributed by atoms with van der Waals surface area (Å²) in [6.07, 6.45) is -1.58. The molecule has 20 heavy (non-hydrogen) atoms. The van der Waals surface area contributed by atoms with Gasteiger partial charge in [0.05, 0.1) is 25.4 Å². The van der Waals surface area contributed by atoms with E-state index in [0.717, 1.165) is 17.1 Å². The van der Waals surface area contributed by atoms with Crippen molar-refractivity contribution in [2.45, 2.75) is 18.5 Å². The zero-order valence-electron chi connectivity index (χ0n) is 11.2. The molecule has 1 aromatic rings. The highest BCUT2D eigenvalue weighted by Gasteiger charge is 2.42. The Bertz CT molecular complexity index is 421. The molecule has 2 fully saturated rings. The Morgan fingerprint density at radius 3 is 2.50 bits per heavy atom. The molecule has 2 saturated heterocycles. The van der Waals surface area contributed by atoms with Gasteiger partial charge in [-0.3, -0.25) is 0 Å². The van der Waals surface area contributed by atoms with Crippen molar-refractivity contribution in [1.82, 2.24) is 0 Å². The number of thioether (sulfide) groups is 1. The molecule has 0 unspecified atom stereocenters. The van der Waals surface area contributed by atoms with Crippen molar-refractivity contribution in [1.29, 1.82) is 0 Å². The molecule has 5 heteroatoms. The zero-order chi connectivity index (χ0) is 13.9. The average molecular weight is 296 g/mol. The smallest absolute Gasteiger partial charge is 0.163 e. The lowest BCUT2D eigenvalue weighted by atomic mass is 9.85. The molecule has 0 spiro atoms. The van der Waals surface area contributed by atoms with Gasteiger partial charge in [0.1, 0.15) is 0 Å². The Morgan fingerprint density at radius 1 is 1.10 bits per heavy atom. The summed E-state index contributed by atoms with van der Waals surface area (Å²) in [4.78, 5) is 0. The number of hydrogen-bond acceptors (Lipinski definition) is 5. The number of benzene rings is 1. The predicted molar refractivity (Wildman–Crippen MR) is 77.4 cm³/mol. The molecule has 0 amide bonds. The highest BCUT2D eigenvalue weighted by atomic mass is 32.2. The van der Waals surface area contributed by atoms with Gasteiger partial charge in [-0.2, -0.15) is 11.8 Å². The Labute approximate surface area is 123 Å². The minimum atomic E-state index is -0.650. The third kappa shape index (κ3) is 2.87. The van der Waals surface area contributed by atoms with Crippen LogP contribution in [0.1, 0.15) is 11.7 Å². The second kappa shape index (κ2) is 6.45. The van der Waals surface area contributed by atoms with Gasteiger partial charge in [-0.1, -0.05) is 30.3 Å². The molecule has 4 nitrogen and oxygen atoms in total. The Hall–Kier alpha value is -0.590. The van der Waals surface area contributed by atoms with E-state index in [1.165, 1.54) is 0 Å². The van der Waals surface area contributed by atoms with E-state index >= 15 is 0 Å². The van der Waals surface area contributed by atoms with Gasteiger partial charge in [0.25, 0.3) is 0 Å². The molecule has 1 aromatic carbocycles. The van der Waals surface area contributed by atoms with Gasteiger partial charge in [0, 0.05) is 23.3 Å². The number of hydrogen-bond donors (Lipinski definition) is 2. The van der Waals surface area contributed by atoms with E-state index in [1.54, 1.807) is 11.8 Å². The van der Waals surface area contributed by atoms with Crippen LogP contribution >= 0.6 is 11.8 Å². The third-order valence-electron chi connectivity index (χ3n) is 4.04. The van der Waals surface area contributed by atoms with Crippen LogP contribution in [0.2, 0.25) is 0 Å². The summed E-state index contributed by atoms with van der Waals surface area (Å²) in [5.74, 6) is 1.30. The summed E-state index contributed by atoms with van der Waals surface area (Å²) in [6.45, 7) is 1.18. The van der Waals surface area contributed by atoms with Crippen LogP contribution in [0, 0.1) is 11.8 Å². The van der Waals surface area contributed by atoms with Crippen LogP contribution in [0.15, 0.2) is 30.3 Å². The maximum atomic E-state index is 10.6. The van der Waals surface area contributed by atoms with Crippen molar-refractivity contribution in [3.05, 3.63) is 35.9 Å². The molecule has 2 aliphatic heterocycles.